The molecule has 0 saturated carbocycles. The number of ketones is 1. The van der Waals surface area contributed by atoms with Crippen molar-refractivity contribution in [3.8, 4) is 11.3 Å². The molecule has 4 nitrogen and oxygen atoms in total. The fourth-order valence-electron chi connectivity index (χ4n) is 2.46. The minimum absolute atomic E-state index is 0.185. The predicted octanol–water partition coefficient (Wildman–Crippen LogP) is 3.52. The summed E-state index contributed by atoms with van der Waals surface area (Å²) in [5.74, 6) is -0.844. The minimum atomic E-state index is -3.30. The quantitative estimate of drug-likeness (QED) is 0.672. The van der Waals surface area contributed by atoms with E-state index < -0.39 is 15.7 Å². The molecule has 0 bridgehead atoms. The third-order valence-electron chi connectivity index (χ3n) is 3.70. The van der Waals surface area contributed by atoms with Gasteiger partial charge in [0.2, 0.25) is 0 Å². The molecule has 0 aliphatic carbocycles. The molecule has 0 aliphatic heterocycles. The molecule has 6 heteroatoms. The molecular formula is C19H14FNO3S. The highest BCUT2D eigenvalue weighted by Gasteiger charge is 2.17. The first-order chi connectivity index (χ1) is 11.9. The lowest BCUT2D eigenvalue weighted by Gasteiger charge is -2.09. The summed E-state index contributed by atoms with van der Waals surface area (Å²) < 4.78 is 36.5. The monoisotopic (exact) mass is 355 g/mol. The Balaban J connectivity index is 2.06. The molecule has 2 aromatic carbocycles. The standard InChI is InChI=1S/C19H14FNO3S/c1-25(23,24)16-9-7-13(8-10-16)18-17(6-3-11-21-18)19(22)14-4-2-5-15(20)12-14/h2-12H,1H3. The summed E-state index contributed by atoms with van der Waals surface area (Å²) >= 11 is 0. The van der Waals surface area contributed by atoms with Crippen LogP contribution in [0.15, 0.2) is 71.8 Å². The van der Waals surface area contributed by atoms with Gasteiger partial charge < -0.3 is 0 Å². The van der Waals surface area contributed by atoms with E-state index in [1.807, 2.05) is 0 Å². The average molecular weight is 355 g/mol. The van der Waals surface area contributed by atoms with E-state index >= 15 is 0 Å². The number of sulfone groups is 1. The van der Waals surface area contributed by atoms with Crippen LogP contribution in [-0.2, 0) is 9.84 Å². The second kappa shape index (κ2) is 6.57. The maximum atomic E-state index is 13.4. The fourth-order valence-corrected chi connectivity index (χ4v) is 3.09. The van der Waals surface area contributed by atoms with Gasteiger partial charge in [0.1, 0.15) is 5.82 Å². The maximum absolute atomic E-state index is 13.4. The van der Waals surface area contributed by atoms with E-state index in [1.54, 1.807) is 30.5 Å². The summed E-state index contributed by atoms with van der Waals surface area (Å²) in [7, 11) is -3.30. The largest absolute Gasteiger partial charge is 0.289 e. The van der Waals surface area contributed by atoms with Crippen molar-refractivity contribution < 1.29 is 17.6 Å². The highest BCUT2D eigenvalue weighted by Crippen LogP contribution is 2.25. The number of rotatable bonds is 4. The van der Waals surface area contributed by atoms with Crippen molar-refractivity contribution in [2.24, 2.45) is 0 Å². The Labute approximate surface area is 144 Å². The first-order valence-corrected chi connectivity index (χ1v) is 9.31. The molecule has 0 spiro atoms. The van der Waals surface area contributed by atoms with Gasteiger partial charge in [-0.3, -0.25) is 9.78 Å². The third kappa shape index (κ3) is 3.64. The van der Waals surface area contributed by atoms with Crippen LogP contribution in [0.5, 0.6) is 0 Å². The fraction of sp³-hybridized carbons (Fsp3) is 0.0526. The topological polar surface area (TPSA) is 64.1 Å². The van der Waals surface area contributed by atoms with E-state index in [-0.39, 0.29) is 16.2 Å². The zero-order valence-electron chi connectivity index (χ0n) is 13.3. The second-order valence-corrected chi connectivity index (χ2v) is 7.55. The van der Waals surface area contributed by atoms with Crippen LogP contribution in [-0.4, -0.2) is 25.4 Å². The summed E-state index contributed by atoms with van der Waals surface area (Å²) in [5, 5.41) is 0. The number of halogens is 1. The van der Waals surface area contributed by atoms with Crippen LogP contribution in [0.4, 0.5) is 4.39 Å². The van der Waals surface area contributed by atoms with Gasteiger partial charge in [0, 0.05) is 29.1 Å². The first kappa shape index (κ1) is 17.0. The van der Waals surface area contributed by atoms with Crippen molar-refractivity contribution >= 4 is 15.6 Å². The van der Waals surface area contributed by atoms with Crippen LogP contribution < -0.4 is 0 Å². The van der Waals surface area contributed by atoms with E-state index in [0.29, 0.717) is 16.8 Å². The first-order valence-electron chi connectivity index (χ1n) is 7.42. The van der Waals surface area contributed by atoms with Crippen molar-refractivity contribution in [1.82, 2.24) is 4.98 Å². The minimum Gasteiger partial charge on any atom is -0.289 e. The molecule has 0 atom stereocenters. The molecule has 126 valence electrons. The van der Waals surface area contributed by atoms with Gasteiger partial charge in [-0.15, -0.1) is 0 Å². The van der Waals surface area contributed by atoms with E-state index in [0.717, 1.165) is 6.26 Å². The Morgan fingerprint density at radius 2 is 1.72 bits per heavy atom. The lowest BCUT2D eigenvalue weighted by atomic mass is 9.98. The van der Waals surface area contributed by atoms with Crippen LogP contribution in [0, 0.1) is 5.82 Å². The zero-order valence-corrected chi connectivity index (χ0v) is 14.1. The number of carbonyl (C=O) groups excluding carboxylic acids is 1. The number of nitrogens with zero attached hydrogens (tertiary/aromatic N) is 1. The van der Waals surface area contributed by atoms with Crippen molar-refractivity contribution in [3.05, 3.63) is 83.8 Å². The van der Waals surface area contributed by atoms with Gasteiger partial charge in [-0.2, -0.15) is 0 Å². The van der Waals surface area contributed by atoms with Gasteiger partial charge in [0.15, 0.2) is 15.6 Å². The zero-order chi connectivity index (χ0) is 18.0. The van der Waals surface area contributed by atoms with Crippen molar-refractivity contribution in [2.75, 3.05) is 6.26 Å². The Morgan fingerprint density at radius 3 is 2.36 bits per heavy atom. The van der Waals surface area contributed by atoms with E-state index in [9.17, 15) is 17.6 Å². The molecule has 3 aromatic rings. The summed E-state index contributed by atoms with van der Waals surface area (Å²) in [6, 6.07) is 14.8. The Morgan fingerprint density at radius 1 is 1.00 bits per heavy atom. The van der Waals surface area contributed by atoms with Gasteiger partial charge in [-0.1, -0.05) is 24.3 Å². The molecule has 0 saturated heterocycles. The van der Waals surface area contributed by atoms with E-state index in [1.165, 1.54) is 36.4 Å². The highest BCUT2D eigenvalue weighted by molar-refractivity contribution is 7.90. The molecule has 0 unspecified atom stereocenters. The third-order valence-corrected chi connectivity index (χ3v) is 4.82. The average Bonchev–Trinajstić information content (AvgIpc) is 2.60. The number of carbonyl (C=O) groups is 1. The molecular weight excluding hydrogens is 341 g/mol. The van der Waals surface area contributed by atoms with Crippen molar-refractivity contribution in [2.45, 2.75) is 4.90 Å². The lowest BCUT2D eigenvalue weighted by molar-refractivity contribution is 0.103. The summed E-state index contributed by atoms with van der Waals surface area (Å²) in [6.07, 6.45) is 2.67. The van der Waals surface area contributed by atoms with Gasteiger partial charge in [0.25, 0.3) is 0 Å². The van der Waals surface area contributed by atoms with Gasteiger partial charge in [-0.25, -0.2) is 12.8 Å². The van der Waals surface area contributed by atoms with Crippen LogP contribution in [0.25, 0.3) is 11.3 Å². The summed E-state index contributed by atoms with van der Waals surface area (Å²) in [6.45, 7) is 0. The van der Waals surface area contributed by atoms with Crippen LogP contribution in [0.2, 0.25) is 0 Å². The molecule has 1 aromatic heterocycles. The molecule has 0 N–H and O–H groups in total. The molecule has 0 radical (unpaired) electrons. The van der Waals surface area contributed by atoms with E-state index in [2.05, 4.69) is 4.98 Å². The molecule has 25 heavy (non-hydrogen) atoms. The summed E-state index contributed by atoms with van der Waals surface area (Å²) in [4.78, 5) is 17.1. The normalized spacial score (nSPS) is 11.3. The molecule has 3 rings (SSSR count). The van der Waals surface area contributed by atoms with Crippen LogP contribution in [0.3, 0.4) is 0 Å². The van der Waals surface area contributed by atoms with Gasteiger partial charge >= 0.3 is 0 Å². The van der Waals surface area contributed by atoms with Crippen molar-refractivity contribution in [3.63, 3.8) is 0 Å². The SMILES string of the molecule is CS(=O)(=O)c1ccc(-c2ncccc2C(=O)c2cccc(F)c2)cc1. The van der Waals surface area contributed by atoms with Crippen LogP contribution >= 0.6 is 0 Å². The number of benzene rings is 2. The number of pyridine rings is 1. The number of aromatic nitrogens is 1. The maximum Gasteiger partial charge on any atom is 0.195 e. The highest BCUT2D eigenvalue weighted by atomic mass is 32.2. The number of hydrogen-bond acceptors (Lipinski definition) is 4. The Kier molecular flexibility index (Phi) is 4.46. The molecule has 0 amide bonds. The smallest absolute Gasteiger partial charge is 0.195 e. The van der Waals surface area contributed by atoms with Gasteiger partial charge in [0.05, 0.1) is 10.6 Å². The van der Waals surface area contributed by atoms with E-state index in [4.69, 9.17) is 0 Å². The molecule has 1 heterocycles. The second-order valence-electron chi connectivity index (χ2n) is 5.54. The molecule has 0 fully saturated rings. The van der Waals surface area contributed by atoms with Crippen LogP contribution in [0.1, 0.15) is 15.9 Å². The van der Waals surface area contributed by atoms with Gasteiger partial charge in [-0.05, 0) is 36.4 Å². The lowest BCUT2D eigenvalue weighted by Crippen LogP contribution is -2.05. The number of hydrogen-bond donors (Lipinski definition) is 0. The summed E-state index contributed by atoms with van der Waals surface area (Å²) in [5.41, 5.74) is 1.56. The Hall–Kier alpha value is -2.86. The van der Waals surface area contributed by atoms with Crippen molar-refractivity contribution in [1.29, 1.82) is 0 Å². The molecule has 0 aliphatic rings. The Bertz CT molecular complexity index is 1040. The predicted molar refractivity (Wildman–Crippen MR) is 92.6 cm³/mol.